The van der Waals surface area contributed by atoms with E-state index in [0.29, 0.717) is 5.92 Å². The lowest BCUT2D eigenvalue weighted by molar-refractivity contribution is 0.360. The van der Waals surface area contributed by atoms with Gasteiger partial charge < -0.3 is 0 Å². The van der Waals surface area contributed by atoms with Gasteiger partial charge in [-0.2, -0.15) is 5.10 Å². The molecule has 0 N–H and O–H groups in total. The van der Waals surface area contributed by atoms with Crippen LogP contribution in [0.5, 0.6) is 0 Å². The normalized spacial score (nSPS) is 18.7. The van der Waals surface area contributed by atoms with Crippen LogP contribution in [0.15, 0.2) is 24.5 Å². The van der Waals surface area contributed by atoms with Crippen LogP contribution in [0.1, 0.15) is 28.9 Å². The summed E-state index contributed by atoms with van der Waals surface area (Å²) in [5, 5.41) is 4.23. The van der Waals surface area contributed by atoms with Crippen molar-refractivity contribution in [3.8, 4) is 0 Å². The fraction of sp³-hybridized carbons (Fsp3) is 0.467. The van der Waals surface area contributed by atoms with E-state index in [9.17, 15) is 0 Å². The number of aryl methyl sites for hydroxylation is 3. The second kappa shape index (κ2) is 4.56. The van der Waals surface area contributed by atoms with Crippen molar-refractivity contribution in [3.05, 3.63) is 47.0 Å². The van der Waals surface area contributed by atoms with Crippen LogP contribution >= 0.6 is 0 Å². The first-order chi connectivity index (χ1) is 8.72. The Labute approximate surface area is 108 Å². The predicted octanol–water partition coefficient (Wildman–Crippen LogP) is 2.70. The Kier molecular flexibility index (Phi) is 2.90. The minimum Gasteiger partial charge on any atom is -0.250 e. The molecule has 3 rings (SSSR count). The second-order valence-corrected chi connectivity index (χ2v) is 5.38. The van der Waals surface area contributed by atoms with E-state index in [1.807, 2.05) is 4.68 Å². The van der Waals surface area contributed by atoms with Crippen LogP contribution in [0.4, 0.5) is 0 Å². The summed E-state index contributed by atoms with van der Waals surface area (Å²) in [5.74, 6) is 1.86. The maximum absolute atomic E-state index is 4.33. The van der Waals surface area contributed by atoms with Crippen LogP contribution in [0.25, 0.3) is 0 Å². The number of rotatable bonds is 2. The highest BCUT2D eigenvalue weighted by Gasteiger charge is 2.20. The third-order valence-corrected chi connectivity index (χ3v) is 4.01. The van der Waals surface area contributed by atoms with Gasteiger partial charge in [0.25, 0.3) is 0 Å². The number of benzene rings is 1. The first kappa shape index (κ1) is 11.5. The number of aromatic nitrogens is 3. The van der Waals surface area contributed by atoms with E-state index in [1.165, 1.54) is 23.1 Å². The van der Waals surface area contributed by atoms with Crippen LogP contribution < -0.4 is 0 Å². The molecular weight excluding hydrogens is 222 g/mol. The lowest BCUT2D eigenvalue weighted by Crippen LogP contribution is -2.22. The third kappa shape index (κ3) is 2.17. The molecule has 0 aliphatic carbocycles. The van der Waals surface area contributed by atoms with Crippen LogP contribution in [0.2, 0.25) is 0 Å². The van der Waals surface area contributed by atoms with Crippen molar-refractivity contribution < 1.29 is 0 Å². The highest BCUT2D eigenvalue weighted by Crippen LogP contribution is 2.23. The monoisotopic (exact) mass is 241 g/mol. The average Bonchev–Trinajstić information content (AvgIpc) is 2.81. The summed E-state index contributed by atoms with van der Waals surface area (Å²) < 4.78 is 2.04. The molecule has 1 aromatic heterocycles. The van der Waals surface area contributed by atoms with E-state index < -0.39 is 0 Å². The Bertz CT molecular complexity index is 557. The van der Waals surface area contributed by atoms with E-state index in [4.69, 9.17) is 0 Å². The van der Waals surface area contributed by atoms with Crippen molar-refractivity contribution in [2.45, 2.75) is 39.7 Å². The number of hydrogen-bond acceptors (Lipinski definition) is 2. The van der Waals surface area contributed by atoms with Crippen molar-refractivity contribution in [3.63, 3.8) is 0 Å². The molecule has 94 valence electrons. The molecule has 0 saturated carbocycles. The fourth-order valence-electron chi connectivity index (χ4n) is 2.74. The summed E-state index contributed by atoms with van der Waals surface area (Å²) in [7, 11) is 0. The molecule has 2 aromatic rings. The number of fused-ring (bicyclic) bond motifs is 1. The van der Waals surface area contributed by atoms with Gasteiger partial charge in [0.2, 0.25) is 0 Å². The zero-order chi connectivity index (χ0) is 12.5. The summed E-state index contributed by atoms with van der Waals surface area (Å²) in [6, 6.07) is 6.83. The maximum Gasteiger partial charge on any atom is 0.138 e. The summed E-state index contributed by atoms with van der Waals surface area (Å²) in [5.41, 5.74) is 4.23. The Morgan fingerprint density at radius 1 is 1.28 bits per heavy atom. The maximum atomic E-state index is 4.33. The third-order valence-electron chi connectivity index (χ3n) is 4.01. The molecule has 1 aromatic carbocycles. The van der Waals surface area contributed by atoms with Gasteiger partial charge in [-0.3, -0.25) is 4.68 Å². The predicted molar refractivity (Wildman–Crippen MR) is 71.5 cm³/mol. The van der Waals surface area contributed by atoms with Gasteiger partial charge in [-0.15, -0.1) is 0 Å². The van der Waals surface area contributed by atoms with E-state index in [1.54, 1.807) is 6.33 Å². The molecule has 1 atom stereocenters. The van der Waals surface area contributed by atoms with Crippen LogP contribution in [-0.4, -0.2) is 14.8 Å². The van der Waals surface area contributed by atoms with Gasteiger partial charge in [-0.05, 0) is 49.3 Å². The van der Waals surface area contributed by atoms with Gasteiger partial charge >= 0.3 is 0 Å². The van der Waals surface area contributed by atoms with Crippen molar-refractivity contribution in [2.75, 3.05) is 0 Å². The molecule has 0 bridgehead atoms. The molecule has 0 spiro atoms. The number of nitrogens with zero attached hydrogens (tertiary/aromatic N) is 3. The molecule has 3 heteroatoms. The van der Waals surface area contributed by atoms with Gasteiger partial charge in [0, 0.05) is 13.0 Å². The van der Waals surface area contributed by atoms with Crippen molar-refractivity contribution >= 4 is 0 Å². The lowest BCUT2D eigenvalue weighted by atomic mass is 9.90. The number of hydrogen-bond donors (Lipinski definition) is 0. The van der Waals surface area contributed by atoms with Crippen molar-refractivity contribution in [1.82, 2.24) is 14.8 Å². The minimum atomic E-state index is 0.712. The first-order valence-corrected chi connectivity index (χ1v) is 6.65. The van der Waals surface area contributed by atoms with Crippen molar-refractivity contribution in [1.29, 1.82) is 0 Å². The molecule has 2 heterocycles. The molecular formula is C15H19N3. The molecule has 3 nitrogen and oxygen atoms in total. The molecule has 1 unspecified atom stereocenters. The molecule has 1 aliphatic heterocycles. The van der Waals surface area contributed by atoms with Crippen molar-refractivity contribution in [2.24, 2.45) is 5.92 Å². The highest BCUT2D eigenvalue weighted by atomic mass is 15.3. The van der Waals surface area contributed by atoms with Gasteiger partial charge in [0.05, 0.1) is 0 Å². The van der Waals surface area contributed by atoms with Crippen LogP contribution in [0.3, 0.4) is 0 Å². The van der Waals surface area contributed by atoms with E-state index in [0.717, 1.165) is 25.2 Å². The zero-order valence-corrected chi connectivity index (χ0v) is 11.1. The van der Waals surface area contributed by atoms with Crippen LogP contribution in [0, 0.1) is 19.8 Å². The molecule has 0 fully saturated rings. The quantitative estimate of drug-likeness (QED) is 0.809. The Hall–Kier alpha value is -1.64. The molecule has 18 heavy (non-hydrogen) atoms. The topological polar surface area (TPSA) is 30.7 Å². The van der Waals surface area contributed by atoms with E-state index in [2.05, 4.69) is 42.1 Å². The molecule has 1 aliphatic rings. The SMILES string of the molecule is Cc1ccc(CC2CCn3ncnc3C2)cc1C. The summed E-state index contributed by atoms with van der Waals surface area (Å²) in [6.07, 6.45) is 5.11. The molecule has 0 radical (unpaired) electrons. The summed E-state index contributed by atoms with van der Waals surface area (Å²) in [4.78, 5) is 4.33. The molecule has 0 saturated heterocycles. The zero-order valence-electron chi connectivity index (χ0n) is 11.1. The van der Waals surface area contributed by atoms with Gasteiger partial charge in [-0.1, -0.05) is 18.2 Å². The second-order valence-electron chi connectivity index (χ2n) is 5.38. The van der Waals surface area contributed by atoms with E-state index in [-0.39, 0.29) is 0 Å². The largest absolute Gasteiger partial charge is 0.250 e. The Morgan fingerprint density at radius 2 is 2.17 bits per heavy atom. The molecule has 0 amide bonds. The Balaban J connectivity index is 1.72. The van der Waals surface area contributed by atoms with Gasteiger partial charge in [0.1, 0.15) is 12.2 Å². The Morgan fingerprint density at radius 3 is 3.00 bits per heavy atom. The standard InChI is InChI=1S/C15H19N3/c1-11-3-4-13(7-12(11)2)8-14-5-6-18-15(9-14)16-10-17-18/h3-4,7,10,14H,5-6,8-9H2,1-2H3. The van der Waals surface area contributed by atoms with Gasteiger partial charge in [-0.25, -0.2) is 4.98 Å². The van der Waals surface area contributed by atoms with Gasteiger partial charge in [0.15, 0.2) is 0 Å². The van der Waals surface area contributed by atoms with E-state index >= 15 is 0 Å². The minimum absolute atomic E-state index is 0.712. The summed E-state index contributed by atoms with van der Waals surface area (Å²) in [6.45, 7) is 5.38. The summed E-state index contributed by atoms with van der Waals surface area (Å²) >= 11 is 0. The average molecular weight is 241 g/mol. The smallest absolute Gasteiger partial charge is 0.138 e. The highest BCUT2D eigenvalue weighted by molar-refractivity contribution is 5.30. The lowest BCUT2D eigenvalue weighted by Gasteiger charge is -2.22. The fourth-order valence-corrected chi connectivity index (χ4v) is 2.74. The first-order valence-electron chi connectivity index (χ1n) is 6.65. The van der Waals surface area contributed by atoms with Crippen LogP contribution in [-0.2, 0) is 19.4 Å².